The second-order valence-corrected chi connectivity index (χ2v) is 10.9. The summed E-state index contributed by atoms with van der Waals surface area (Å²) in [5.41, 5.74) is 1.54. The molecule has 9 nitrogen and oxygen atoms in total. The number of nitrogens with one attached hydrogen (secondary N) is 3. The van der Waals surface area contributed by atoms with Gasteiger partial charge in [0.05, 0.1) is 4.90 Å². The van der Waals surface area contributed by atoms with Gasteiger partial charge in [-0.25, -0.2) is 13.2 Å². The molecule has 1 heterocycles. The number of carboxylic acid groups (broad SMARTS) is 1. The van der Waals surface area contributed by atoms with Crippen molar-refractivity contribution >= 4 is 49.6 Å². The summed E-state index contributed by atoms with van der Waals surface area (Å²) in [6.07, 6.45) is 4.72. The zero-order valence-electron chi connectivity index (χ0n) is 19.1. The number of anilines is 1. The minimum atomic E-state index is -4.06. The molecule has 1 fully saturated rings. The molecule has 3 aromatic rings. The second-order valence-electron chi connectivity index (χ2n) is 9.14. The highest BCUT2D eigenvalue weighted by molar-refractivity contribution is 7.89. The van der Waals surface area contributed by atoms with E-state index in [9.17, 15) is 23.1 Å². The van der Waals surface area contributed by atoms with Crippen LogP contribution in [0.25, 0.3) is 21.9 Å². The fourth-order valence-corrected chi connectivity index (χ4v) is 5.70. The molecular formula is C24H29N3O6S. The topological polar surface area (TPSA) is 138 Å². The number of amides is 2. The summed E-state index contributed by atoms with van der Waals surface area (Å²) in [7, 11) is -4.06. The molecule has 0 spiro atoms. The number of aliphatic carboxylic acids is 1. The number of carboxylic acids is 1. The van der Waals surface area contributed by atoms with Gasteiger partial charge in [0, 0.05) is 29.1 Å². The Balaban J connectivity index is 1.54. The average molecular weight is 488 g/mol. The van der Waals surface area contributed by atoms with Gasteiger partial charge in [0.25, 0.3) is 0 Å². The maximum absolute atomic E-state index is 12.8. The molecule has 4 rings (SSSR count). The van der Waals surface area contributed by atoms with E-state index in [2.05, 4.69) is 15.4 Å². The van der Waals surface area contributed by atoms with Crippen LogP contribution in [0.4, 0.5) is 10.5 Å². The second kappa shape index (κ2) is 9.63. The third-order valence-corrected chi connectivity index (χ3v) is 7.69. The minimum Gasteiger partial charge on any atom is -0.480 e. The predicted molar refractivity (Wildman–Crippen MR) is 129 cm³/mol. The number of benzene rings is 2. The summed E-state index contributed by atoms with van der Waals surface area (Å²) in [6, 6.07) is 8.03. The average Bonchev–Trinajstić information content (AvgIpc) is 3.42. The standard InChI is InChI=1S/C24H29N3O6S/c1-14(2)22(23(28)29)27-34(31,32)17-8-10-20-19(12-17)18-9-7-16(11-21(18)33-20)26-24(30)25-13-15-5-3-4-6-15/h7-12,14-15,22,27H,3-6,13H2,1-2H3,(H,28,29)(H2,25,26,30)/t22-/m0/s1. The Morgan fingerprint density at radius 3 is 2.47 bits per heavy atom. The van der Waals surface area contributed by atoms with Gasteiger partial charge in [-0.2, -0.15) is 4.72 Å². The Morgan fingerprint density at radius 1 is 1.06 bits per heavy atom. The molecule has 0 bridgehead atoms. The van der Waals surface area contributed by atoms with Crippen LogP contribution in [0, 0.1) is 11.8 Å². The zero-order chi connectivity index (χ0) is 24.5. The van der Waals surface area contributed by atoms with E-state index < -0.39 is 28.0 Å². The Kier molecular flexibility index (Phi) is 6.81. The van der Waals surface area contributed by atoms with E-state index in [0.29, 0.717) is 40.1 Å². The van der Waals surface area contributed by atoms with Gasteiger partial charge in [-0.05, 0) is 55.0 Å². The smallest absolute Gasteiger partial charge is 0.322 e. The van der Waals surface area contributed by atoms with E-state index in [1.165, 1.54) is 31.0 Å². The Labute approximate surface area is 197 Å². The van der Waals surface area contributed by atoms with E-state index in [1.807, 2.05) is 0 Å². The Bertz CT molecular complexity index is 1330. The lowest BCUT2D eigenvalue weighted by molar-refractivity contribution is -0.140. The van der Waals surface area contributed by atoms with Gasteiger partial charge < -0.3 is 20.2 Å². The molecule has 1 aliphatic carbocycles. The van der Waals surface area contributed by atoms with Gasteiger partial charge in [-0.3, -0.25) is 4.79 Å². The summed E-state index contributed by atoms with van der Waals surface area (Å²) >= 11 is 0. The predicted octanol–water partition coefficient (Wildman–Crippen LogP) is 4.29. The fourth-order valence-electron chi connectivity index (χ4n) is 4.33. The van der Waals surface area contributed by atoms with Crippen LogP contribution in [-0.2, 0) is 14.8 Å². The number of sulfonamides is 1. The summed E-state index contributed by atoms with van der Waals surface area (Å²) in [6.45, 7) is 3.92. The van der Waals surface area contributed by atoms with Crippen molar-refractivity contribution in [1.29, 1.82) is 0 Å². The zero-order valence-corrected chi connectivity index (χ0v) is 19.9. The van der Waals surface area contributed by atoms with Gasteiger partial charge in [0.15, 0.2) is 0 Å². The summed E-state index contributed by atoms with van der Waals surface area (Å²) in [5, 5.41) is 16.3. The molecule has 2 amide bonds. The van der Waals surface area contributed by atoms with Crippen molar-refractivity contribution < 1.29 is 27.5 Å². The van der Waals surface area contributed by atoms with Crippen LogP contribution >= 0.6 is 0 Å². The van der Waals surface area contributed by atoms with E-state index in [4.69, 9.17) is 4.42 Å². The quantitative estimate of drug-likeness (QED) is 0.374. The molecule has 0 aliphatic heterocycles. The van der Waals surface area contributed by atoms with Crippen LogP contribution in [0.1, 0.15) is 39.5 Å². The van der Waals surface area contributed by atoms with Gasteiger partial charge >= 0.3 is 12.0 Å². The maximum Gasteiger partial charge on any atom is 0.322 e. The number of hydrogen-bond donors (Lipinski definition) is 4. The number of carbonyl (C=O) groups is 2. The number of carbonyl (C=O) groups excluding carboxylic acids is 1. The molecule has 10 heteroatoms. The summed E-state index contributed by atoms with van der Waals surface area (Å²) < 4.78 is 33.8. The molecular weight excluding hydrogens is 458 g/mol. The molecule has 1 aromatic heterocycles. The SMILES string of the molecule is CC(C)[C@H](NS(=O)(=O)c1ccc2oc3cc(NC(=O)NCC4CCCC4)ccc3c2c1)C(=O)O. The lowest BCUT2D eigenvalue weighted by atomic mass is 10.1. The number of rotatable bonds is 8. The first-order chi connectivity index (χ1) is 16.1. The lowest BCUT2D eigenvalue weighted by Crippen LogP contribution is -2.44. The van der Waals surface area contributed by atoms with Crippen molar-refractivity contribution in [2.75, 3.05) is 11.9 Å². The first-order valence-corrected chi connectivity index (χ1v) is 12.9. The van der Waals surface area contributed by atoms with Gasteiger partial charge in [0.2, 0.25) is 10.0 Å². The molecule has 0 radical (unpaired) electrons. The van der Waals surface area contributed by atoms with Gasteiger partial charge in [0.1, 0.15) is 17.2 Å². The van der Waals surface area contributed by atoms with Crippen molar-refractivity contribution in [3.05, 3.63) is 36.4 Å². The van der Waals surface area contributed by atoms with Crippen molar-refractivity contribution in [1.82, 2.24) is 10.0 Å². The number of urea groups is 1. The van der Waals surface area contributed by atoms with E-state index >= 15 is 0 Å². The molecule has 4 N–H and O–H groups in total. The van der Waals surface area contributed by atoms with Crippen molar-refractivity contribution in [2.24, 2.45) is 11.8 Å². The summed E-state index contributed by atoms with van der Waals surface area (Å²) in [5.74, 6) is -1.12. The molecule has 182 valence electrons. The van der Waals surface area contributed by atoms with Crippen LogP contribution in [-0.4, -0.2) is 38.1 Å². The van der Waals surface area contributed by atoms with Crippen LogP contribution < -0.4 is 15.4 Å². The molecule has 1 saturated carbocycles. The largest absolute Gasteiger partial charge is 0.480 e. The molecule has 34 heavy (non-hydrogen) atoms. The third kappa shape index (κ3) is 5.18. The molecule has 0 saturated heterocycles. The van der Waals surface area contributed by atoms with Crippen molar-refractivity contribution in [3.63, 3.8) is 0 Å². The highest BCUT2D eigenvalue weighted by atomic mass is 32.2. The number of hydrogen-bond acceptors (Lipinski definition) is 5. The highest BCUT2D eigenvalue weighted by Crippen LogP contribution is 2.32. The van der Waals surface area contributed by atoms with Crippen LogP contribution in [0.3, 0.4) is 0 Å². The first-order valence-electron chi connectivity index (χ1n) is 11.4. The molecule has 0 unspecified atom stereocenters. The van der Waals surface area contributed by atoms with E-state index in [-0.39, 0.29) is 10.9 Å². The van der Waals surface area contributed by atoms with Crippen LogP contribution in [0.5, 0.6) is 0 Å². The number of fused-ring (bicyclic) bond motifs is 3. The third-order valence-electron chi connectivity index (χ3n) is 6.25. The van der Waals surface area contributed by atoms with Crippen LogP contribution in [0.15, 0.2) is 45.7 Å². The molecule has 1 aliphatic rings. The summed E-state index contributed by atoms with van der Waals surface area (Å²) in [4.78, 5) is 23.6. The Hall–Kier alpha value is -3.11. The maximum atomic E-state index is 12.8. The van der Waals surface area contributed by atoms with Gasteiger partial charge in [-0.15, -0.1) is 0 Å². The normalized spacial score (nSPS) is 15.7. The molecule has 1 atom stereocenters. The first kappa shape index (κ1) is 24.0. The van der Waals surface area contributed by atoms with Crippen molar-refractivity contribution in [2.45, 2.75) is 50.5 Å². The van der Waals surface area contributed by atoms with Crippen molar-refractivity contribution in [3.8, 4) is 0 Å². The number of furan rings is 1. The molecule has 2 aromatic carbocycles. The van der Waals surface area contributed by atoms with Crippen LogP contribution in [0.2, 0.25) is 0 Å². The Morgan fingerprint density at radius 2 is 1.79 bits per heavy atom. The fraction of sp³-hybridized carbons (Fsp3) is 0.417. The lowest BCUT2D eigenvalue weighted by Gasteiger charge is -2.17. The monoisotopic (exact) mass is 487 g/mol. The van der Waals surface area contributed by atoms with E-state index in [1.54, 1.807) is 32.0 Å². The highest BCUT2D eigenvalue weighted by Gasteiger charge is 2.28. The van der Waals surface area contributed by atoms with Gasteiger partial charge in [-0.1, -0.05) is 26.7 Å². The van der Waals surface area contributed by atoms with E-state index in [0.717, 1.165) is 12.8 Å². The minimum absolute atomic E-state index is 0.0527.